The number of aromatic nitrogens is 2. The average molecular weight is 265 g/mol. The lowest BCUT2D eigenvalue weighted by Gasteiger charge is -1.99. The number of aryl methyl sites for hydroxylation is 1. The van der Waals surface area contributed by atoms with E-state index in [-0.39, 0.29) is 11.1 Å². The van der Waals surface area contributed by atoms with E-state index in [1.165, 1.54) is 10.8 Å². The van der Waals surface area contributed by atoms with E-state index in [4.69, 9.17) is 28.0 Å². The van der Waals surface area contributed by atoms with Crippen molar-refractivity contribution in [1.82, 2.24) is 9.78 Å². The Bertz CT molecular complexity index is 387. The molecule has 0 bridgehead atoms. The van der Waals surface area contributed by atoms with Gasteiger partial charge in [-0.15, -0.1) is 0 Å². The minimum Gasteiger partial charge on any atom is -0.313 e. The minimum atomic E-state index is 0.131. The van der Waals surface area contributed by atoms with E-state index in [9.17, 15) is 4.79 Å². The fraction of sp³-hybridized carbons (Fsp3) is 0.250. The van der Waals surface area contributed by atoms with Gasteiger partial charge in [0.05, 0.1) is 6.61 Å². The standard InChI is InChI=1S/C8H10Cl2N4O2/c1-14-8(11-5-15)4-7(12-14)13-16-3-2-6(9)10/h2,4-5H,3H2,1H3,(H,11,15)(H,12,13). The van der Waals surface area contributed by atoms with Gasteiger partial charge in [0.1, 0.15) is 10.3 Å². The summed E-state index contributed by atoms with van der Waals surface area (Å²) in [6.07, 6.45) is 2.04. The van der Waals surface area contributed by atoms with Crippen molar-refractivity contribution in [1.29, 1.82) is 0 Å². The molecular formula is C8H10Cl2N4O2. The summed E-state index contributed by atoms with van der Waals surface area (Å²) >= 11 is 10.8. The largest absolute Gasteiger partial charge is 0.313 e. The van der Waals surface area contributed by atoms with E-state index in [1.54, 1.807) is 13.1 Å². The van der Waals surface area contributed by atoms with Crippen LogP contribution in [0.4, 0.5) is 11.6 Å². The Kier molecular flexibility index (Phi) is 5.10. The van der Waals surface area contributed by atoms with E-state index in [1.807, 2.05) is 0 Å². The number of hydrogen-bond donors (Lipinski definition) is 2. The number of amides is 1. The van der Waals surface area contributed by atoms with Gasteiger partial charge in [-0.25, -0.2) is 5.48 Å². The maximum atomic E-state index is 10.2. The molecule has 0 unspecified atom stereocenters. The third-order valence-corrected chi connectivity index (χ3v) is 1.89. The molecular weight excluding hydrogens is 255 g/mol. The van der Waals surface area contributed by atoms with Gasteiger partial charge in [-0.05, 0) is 6.08 Å². The second-order valence-corrected chi connectivity index (χ2v) is 3.72. The molecule has 1 heterocycles. The van der Waals surface area contributed by atoms with Crippen LogP contribution in [0.2, 0.25) is 0 Å². The van der Waals surface area contributed by atoms with Crippen LogP contribution in [0, 0.1) is 0 Å². The SMILES string of the molecule is Cn1nc(NOCC=C(Cl)Cl)cc1NC=O. The lowest BCUT2D eigenvalue weighted by molar-refractivity contribution is -0.105. The van der Waals surface area contributed by atoms with Crippen LogP contribution in [0.15, 0.2) is 16.6 Å². The van der Waals surface area contributed by atoms with Crippen LogP contribution >= 0.6 is 23.2 Å². The number of hydrogen-bond acceptors (Lipinski definition) is 4. The second-order valence-electron chi connectivity index (χ2n) is 2.71. The molecule has 1 aromatic heterocycles. The van der Waals surface area contributed by atoms with Gasteiger partial charge in [-0.3, -0.25) is 14.3 Å². The summed E-state index contributed by atoms with van der Waals surface area (Å²) in [7, 11) is 1.69. The molecule has 16 heavy (non-hydrogen) atoms. The first-order valence-electron chi connectivity index (χ1n) is 4.26. The zero-order valence-electron chi connectivity index (χ0n) is 8.41. The molecule has 0 aliphatic rings. The molecule has 0 fully saturated rings. The van der Waals surface area contributed by atoms with Gasteiger partial charge in [0.2, 0.25) is 6.41 Å². The van der Waals surface area contributed by atoms with Crippen molar-refractivity contribution < 1.29 is 9.63 Å². The van der Waals surface area contributed by atoms with Crippen molar-refractivity contribution >= 4 is 41.2 Å². The van der Waals surface area contributed by atoms with Crippen LogP contribution in [-0.2, 0) is 16.7 Å². The summed E-state index contributed by atoms with van der Waals surface area (Å²) in [4.78, 5) is 15.2. The molecule has 88 valence electrons. The molecule has 1 rings (SSSR count). The molecule has 0 saturated heterocycles. The van der Waals surface area contributed by atoms with E-state index in [2.05, 4.69) is 15.9 Å². The van der Waals surface area contributed by atoms with Gasteiger partial charge in [-0.1, -0.05) is 23.2 Å². The van der Waals surface area contributed by atoms with E-state index >= 15 is 0 Å². The van der Waals surface area contributed by atoms with Gasteiger partial charge >= 0.3 is 0 Å². The smallest absolute Gasteiger partial charge is 0.212 e. The molecule has 2 N–H and O–H groups in total. The third-order valence-electron chi connectivity index (χ3n) is 1.58. The predicted molar refractivity (Wildman–Crippen MR) is 62.3 cm³/mol. The number of anilines is 2. The van der Waals surface area contributed by atoms with Crippen molar-refractivity contribution in [3.8, 4) is 0 Å². The number of nitrogens with one attached hydrogen (secondary N) is 2. The van der Waals surface area contributed by atoms with Crippen molar-refractivity contribution in [2.24, 2.45) is 7.05 Å². The van der Waals surface area contributed by atoms with E-state index < -0.39 is 0 Å². The van der Waals surface area contributed by atoms with Gasteiger partial charge in [0, 0.05) is 13.1 Å². The van der Waals surface area contributed by atoms with Gasteiger partial charge < -0.3 is 5.32 Å². The van der Waals surface area contributed by atoms with Gasteiger partial charge in [0.25, 0.3) is 0 Å². The molecule has 1 aromatic rings. The first-order chi connectivity index (χ1) is 7.63. The first kappa shape index (κ1) is 12.8. The van der Waals surface area contributed by atoms with Gasteiger partial charge in [0.15, 0.2) is 5.82 Å². The summed E-state index contributed by atoms with van der Waals surface area (Å²) in [5, 5.41) is 6.49. The highest BCUT2D eigenvalue weighted by Crippen LogP contribution is 2.12. The third kappa shape index (κ3) is 4.09. The molecule has 1 amide bonds. The Morgan fingerprint density at radius 2 is 2.44 bits per heavy atom. The fourth-order valence-electron chi connectivity index (χ4n) is 0.933. The zero-order chi connectivity index (χ0) is 12.0. The van der Waals surface area contributed by atoms with Crippen molar-refractivity contribution in [2.45, 2.75) is 0 Å². The Hall–Kier alpha value is -1.24. The predicted octanol–water partition coefficient (Wildman–Crippen LogP) is 1.65. The van der Waals surface area contributed by atoms with E-state index in [0.29, 0.717) is 18.0 Å². The normalized spacial score (nSPS) is 9.69. The molecule has 8 heteroatoms. The summed E-state index contributed by atoms with van der Waals surface area (Å²) in [6, 6.07) is 1.61. The quantitative estimate of drug-likeness (QED) is 0.466. The zero-order valence-corrected chi connectivity index (χ0v) is 9.92. The molecule has 0 aliphatic heterocycles. The Balaban J connectivity index is 2.45. The molecule has 0 atom stereocenters. The summed E-state index contributed by atoms with van der Waals surface area (Å²) < 4.78 is 1.62. The number of rotatable bonds is 6. The number of carbonyl (C=O) groups is 1. The molecule has 0 aromatic carbocycles. The monoisotopic (exact) mass is 264 g/mol. The molecule has 0 radical (unpaired) electrons. The molecule has 0 spiro atoms. The van der Waals surface area contributed by atoms with Crippen molar-refractivity contribution in [3.05, 3.63) is 16.6 Å². The van der Waals surface area contributed by atoms with Crippen molar-refractivity contribution in [3.63, 3.8) is 0 Å². The number of carbonyl (C=O) groups excluding carboxylic acids is 1. The highest BCUT2D eigenvalue weighted by molar-refractivity contribution is 6.55. The number of halogens is 2. The second kappa shape index (κ2) is 6.37. The summed E-state index contributed by atoms with van der Waals surface area (Å²) in [5.74, 6) is 1.01. The lowest BCUT2D eigenvalue weighted by atomic mass is 10.6. The van der Waals surface area contributed by atoms with Crippen LogP contribution < -0.4 is 10.8 Å². The Morgan fingerprint density at radius 3 is 3.06 bits per heavy atom. The van der Waals surface area contributed by atoms with Crippen LogP contribution in [0.25, 0.3) is 0 Å². The topological polar surface area (TPSA) is 68.2 Å². The van der Waals surface area contributed by atoms with Gasteiger partial charge in [-0.2, -0.15) is 5.10 Å². The summed E-state index contributed by atoms with van der Waals surface area (Å²) in [6.45, 7) is 0.204. The Labute approximate surface area is 102 Å². The maximum Gasteiger partial charge on any atom is 0.212 e. The van der Waals surface area contributed by atoms with Crippen LogP contribution in [0.1, 0.15) is 0 Å². The highest BCUT2D eigenvalue weighted by Gasteiger charge is 2.03. The Morgan fingerprint density at radius 1 is 1.69 bits per heavy atom. The minimum absolute atomic E-state index is 0.131. The first-order valence-corrected chi connectivity index (χ1v) is 5.02. The lowest BCUT2D eigenvalue weighted by Crippen LogP contribution is -2.03. The van der Waals surface area contributed by atoms with Crippen LogP contribution in [0.5, 0.6) is 0 Å². The highest BCUT2D eigenvalue weighted by atomic mass is 35.5. The van der Waals surface area contributed by atoms with E-state index in [0.717, 1.165) is 0 Å². The van der Waals surface area contributed by atoms with Crippen LogP contribution in [0.3, 0.4) is 0 Å². The maximum absolute atomic E-state index is 10.2. The number of nitrogens with zero attached hydrogens (tertiary/aromatic N) is 2. The summed E-state index contributed by atoms with van der Waals surface area (Å²) in [5.41, 5.74) is 2.57. The molecule has 0 aliphatic carbocycles. The average Bonchev–Trinajstić information content (AvgIpc) is 2.55. The van der Waals surface area contributed by atoms with Crippen molar-refractivity contribution in [2.75, 3.05) is 17.4 Å². The van der Waals surface area contributed by atoms with Crippen LogP contribution in [-0.4, -0.2) is 22.8 Å². The molecule has 6 nitrogen and oxygen atoms in total. The fourth-order valence-corrected chi connectivity index (χ4v) is 1.06. The molecule has 0 saturated carbocycles.